The minimum Gasteiger partial charge on any atom is -0.381 e. The van der Waals surface area contributed by atoms with E-state index in [4.69, 9.17) is 0 Å². The Morgan fingerprint density at radius 2 is 2.00 bits per heavy atom. The summed E-state index contributed by atoms with van der Waals surface area (Å²) in [4.78, 5) is 11.6. The van der Waals surface area contributed by atoms with Gasteiger partial charge in [-0.2, -0.15) is 12.6 Å². The van der Waals surface area contributed by atoms with Crippen LogP contribution in [0.3, 0.4) is 0 Å². The fraction of sp³-hybridized carbons (Fsp3) is 0.300. The second kappa shape index (κ2) is 3.94. The van der Waals surface area contributed by atoms with Crippen LogP contribution in [0.1, 0.15) is 17.3 Å². The number of aliphatic hydroxyl groups is 1. The minimum absolute atomic E-state index is 0.126. The predicted molar refractivity (Wildman–Crippen MR) is 55.2 cm³/mol. The van der Waals surface area contributed by atoms with Crippen molar-refractivity contribution in [2.75, 3.05) is 5.75 Å². The first kappa shape index (κ1) is 10.3. The summed E-state index contributed by atoms with van der Waals surface area (Å²) in [5.41, 5.74) is -0.855. The Bertz CT molecular complexity index is 293. The largest absolute Gasteiger partial charge is 0.381 e. The third-order valence-electron chi connectivity index (χ3n) is 1.83. The molecule has 0 heterocycles. The molecule has 0 bridgehead atoms. The number of hydrogen-bond donors (Lipinski definition) is 2. The Hall–Kier alpha value is -0.800. The smallest absolute Gasteiger partial charge is 0.194 e. The molecule has 0 spiro atoms. The molecule has 0 fully saturated rings. The number of ketones is 1. The number of carbonyl (C=O) groups excluding carboxylic acids is 1. The van der Waals surface area contributed by atoms with E-state index < -0.39 is 5.60 Å². The summed E-state index contributed by atoms with van der Waals surface area (Å²) in [5, 5.41) is 9.62. The molecule has 1 aromatic carbocycles. The van der Waals surface area contributed by atoms with Gasteiger partial charge in [-0.15, -0.1) is 0 Å². The quantitative estimate of drug-likeness (QED) is 0.568. The monoisotopic (exact) mass is 196 g/mol. The Balaban J connectivity index is 2.93. The lowest BCUT2D eigenvalue weighted by molar-refractivity contribution is 0.0508. The molecule has 1 aromatic rings. The van der Waals surface area contributed by atoms with Crippen molar-refractivity contribution < 1.29 is 9.90 Å². The van der Waals surface area contributed by atoms with Crippen molar-refractivity contribution in [1.29, 1.82) is 0 Å². The molecule has 1 N–H and O–H groups in total. The second-order valence-electron chi connectivity index (χ2n) is 3.13. The molecule has 1 atom stereocenters. The molecule has 0 saturated heterocycles. The molecule has 0 aromatic heterocycles. The molecule has 0 radical (unpaired) electrons. The van der Waals surface area contributed by atoms with Crippen LogP contribution in [0.15, 0.2) is 30.3 Å². The van der Waals surface area contributed by atoms with E-state index in [1.807, 2.05) is 6.07 Å². The molecule has 1 unspecified atom stereocenters. The predicted octanol–water partition coefficient (Wildman–Crippen LogP) is 1.55. The first-order valence-electron chi connectivity index (χ1n) is 4.01. The highest BCUT2D eigenvalue weighted by Crippen LogP contribution is 2.14. The van der Waals surface area contributed by atoms with E-state index in [1.54, 1.807) is 24.3 Å². The zero-order valence-corrected chi connectivity index (χ0v) is 8.29. The highest BCUT2D eigenvalue weighted by molar-refractivity contribution is 7.80. The number of carbonyl (C=O) groups is 1. The van der Waals surface area contributed by atoms with Crippen LogP contribution in [0, 0.1) is 0 Å². The molecular formula is C10H12O2S. The third-order valence-corrected chi connectivity index (χ3v) is 2.45. The van der Waals surface area contributed by atoms with Crippen LogP contribution in [0.2, 0.25) is 0 Å². The molecule has 2 nitrogen and oxygen atoms in total. The van der Waals surface area contributed by atoms with Gasteiger partial charge >= 0.3 is 0 Å². The zero-order chi connectivity index (χ0) is 9.90. The third kappa shape index (κ3) is 2.32. The standard InChI is InChI=1S/C10H12O2S/c1-10(12,7-13)9(11)8-5-3-2-4-6-8/h2-6,12-13H,7H2,1H3. The van der Waals surface area contributed by atoms with Gasteiger partial charge in [0, 0.05) is 11.3 Å². The van der Waals surface area contributed by atoms with Gasteiger partial charge in [0.15, 0.2) is 5.78 Å². The Kier molecular flexibility index (Phi) is 3.12. The van der Waals surface area contributed by atoms with Crippen LogP contribution >= 0.6 is 12.6 Å². The maximum atomic E-state index is 11.6. The molecule has 0 saturated carbocycles. The number of benzene rings is 1. The lowest BCUT2D eigenvalue weighted by Gasteiger charge is -2.18. The van der Waals surface area contributed by atoms with E-state index in [2.05, 4.69) is 12.6 Å². The number of rotatable bonds is 3. The van der Waals surface area contributed by atoms with Crippen molar-refractivity contribution in [3.05, 3.63) is 35.9 Å². The van der Waals surface area contributed by atoms with Crippen LogP contribution in [0.5, 0.6) is 0 Å². The van der Waals surface area contributed by atoms with Crippen molar-refractivity contribution in [1.82, 2.24) is 0 Å². The van der Waals surface area contributed by atoms with Gasteiger partial charge in [0.25, 0.3) is 0 Å². The van der Waals surface area contributed by atoms with Crippen LogP contribution in [-0.2, 0) is 0 Å². The fourth-order valence-electron chi connectivity index (χ4n) is 0.972. The molecular weight excluding hydrogens is 184 g/mol. The molecule has 0 aliphatic heterocycles. The topological polar surface area (TPSA) is 37.3 Å². The van der Waals surface area contributed by atoms with Crippen molar-refractivity contribution in [2.24, 2.45) is 0 Å². The number of hydrogen-bond acceptors (Lipinski definition) is 3. The van der Waals surface area contributed by atoms with E-state index in [1.165, 1.54) is 6.92 Å². The molecule has 0 aliphatic carbocycles. The molecule has 3 heteroatoms. The summed E-state index contributed by atoms with van der Waals surface area (Å²) in [5.74, 6) is -0.163. The zero-order valence-electron chi connectivity index (χ0n) is 7.40. The van der Waals surface area contributed by atoms with E-state index in [-0.39, 0.29) is 11.5 Å². The van der Waals surface area contributed by atoms with Gasteiger partial charge in [0.05, 0.1) is 0 Å². The molecule has 70 valence electrons. The molecule has 13 heavy (non-hydrogen) atoms. The Morgan fingerprint density at radius 3 is 2.46 bits per heavy atom. The van der Waals surface area contributed by atoms with Gasteiger partial charge < -0.3 is 5.11 Å². The molecule has 1 rings (SSSR count). The first-order chi connectivity index (χ1) is 6.08. The Morgan fingerprint density at radius 1 is 1.46 bits per heavy atom. The van der Waals surface area contributed by atoms with Crippen LogP contribution in [-0.4, -0.2) is 22.2 Å². The first-order valence-corrected chi connectivity index (χ1v) is 4.64. The fourth-order valence-corrected chi connectivity index (χ4v) is 1.12. The SMILES string of the molecule is CC(O)(CS)C(=O)c1ccccc1. The van der Waals surface area contributed by atoms with E-state index in [0.29, 0.717) is 5.56 Å². The van der Waals surface area contributed by atoms with Gasteiger partial charge in [0.2, 0.25) is 0 Å². The summed E-state index contributed by atoms with van der Waals surface area (Å²) in [6.45, 7) is 1.47. The van der Waals surface area contributed by atoms with Crippen molar-refractivity contribution >= 4 is 18.4 Å². The van der Waals surface area contributed by atoms with Gasteiger partial charge in [-0.05, 0) is 6.92 Å². The average molecular weight is 196 g/mol. The van der Waals surface area contributed by atoms with Gasteiger partial charge in [-0.1, -0.05) is 30.3 Å². The average Bonchev–Trinajstić information content (AvgIpc) is 2.18. The summed E-state index contributed by atoms with van der Waals surface area (Å²) < 4.78 is 0. The summed E-state index contributed by atoms with van der Waals surface area (Å²) in [7, 11) is 0. The van der Waals surface area contributed by atoms with Crippen molar-refractivity contribution in [3.63, 3.8) is 0 Å². The van der Waals surface area contributed by atoms with Crippen LogP contribution in [0.4, 0.5) is 0 Å². The molecule has 0 aliphatic rings. The summed E-state index contributed by atoms with van der Waals surface area (Å²) in [6.07, 6.45) is 0. The molecule has 0 amide bonds. The maximum Gasteiger partial charge on any atom is 0.194 e. The van der Waals surface area contributed by atoms with Crippen LogP contribution in [0.25, 0.3) is 0 Å². The van der Waals surface area contributed by atoms with Crippen molar-refractivity contribution in [2.45, 2.75) is 12.5 Å². The highest BCUT2D eigenvalue weighted by atomic mass is 32.1. The lowest BCUT2D eigenvalue weighted by atomic mass is 9.97. The summed E-state index contributed by atoms with van der Waals surface area (Å²) >= 11 is 3.92. The second-order valence-corrected chi connectivity index (χ2v) is 3.44. The van der Waals surface area contributed by atoms with Gasteiger partial charge in [-0.3, -0.25) is 4.79 Å². The van der Waals surface area contributed by atoms with Gasteiger partial charge in [-0.25, -0.2) is 0 Å². The highest BCUT2D eigenvalue weighted by Gasteiger charge is 2.28. The van der Waals surface area contributed by atoms with Crippen LogP contribution < -0.4 is 0 Å². The number of thiol groups is 1. The van der Waals surface area contributed by atoms with Gasteiger partial charge in [0.1, 0.15) is 5.60 Å². The Labute approximate surface area is 83.0 Å². The van der Waals surface area contributed by atoms with Crippen molar-refractivity contribution in [3.8, 4) is 0 Å². The summed E-state index contributed by atoms with van der Waals surface area (Å²) in [6, 6.07) is 8.72. The van der Waals surface area contributed by atoms with E-state index in [0.717, 1.165) is 0 Å². The van der Waals surface area contributed by atoms with E-state index in [9.17, 15) is 9.90 Å². The maximum absolute atomic E-state index is 11.6. The lowest BCUT2D eigenvalue weighted by Crippen LogP contribution is -2.37. The minimum atomic E-state index is -1.37. The number of Topliss-reactive ketones (excluding diaryl/α,β-unsaturated/α-hetero) is 1. The normalized spacial score (nSPS) is 15.0. The van der Waals surface area contributed by atoms with E-state index >= 15 is 0 Å².